The van der Waals surface area contributed by atoms with E-state index in [9.17, 15) is 0 Å². The fourth-order valence-corrected chi connectivity index (χ4v) is 5.93. The van der Waals surface area contributed by atoms with Gasteiger partial charge in [0.25, 0.3) is 0 Å². The molecule has 0 N–H and O–H groups in total. The van der Waals surface area contributed by atoms with E-state index in [4.69, 9.17) is 4.42 Å². The zero-order valence-corrected chi connectivity index (χ0v) is 22.8. The van der Waals surface area contributed by atoms with Crippen molar-refractivity contribution in [1.82, 2.24) is 4.98 Å². The summed E-state index contributed by atoms with van der Waals surface area (Å²) < 4.78 is 6.46. The number of fused-ring (bicyclic) bond motifs is 4. The van der Waals surface area contributed by atoms with E-state index in [1.54, 1.807) is 6.20 Å². The van der Waals surface area contributed by atoms with Crippen molar-refractivity contribution in [3.05, 3.63) is 158 Å². The molecule has 6 aromatic carbocycles. The lowest BCUT2D eigenvalue weighted by Gasteiger charge is -2.26. The molecule has 0 bridgehead atoms. The molecule has 2 heterocycles. The largest absolute Gasteiger partial charge is 0.454 e. The van der Waals surface area contributed by atoms with Gasteiger partial charge in [-0.2, -0.15) is 0 Å². The SMILES string of the molecule is c1ccc(-c2ccc(N(c3ccc(-c4cccc5ccccc45)cc3)c3cccc4c3oc3ccncc34)cc2)cc1. The Kier molecular flexibility index (Phi) is 5.79. The smallest absolute Gasteiger partial charge is 0.159 e. The van der Waals surface area contributed by atoms with Crippen LogP contribution in [0, 0.1) is 0 Å². The third kappa shape index (κ3) is 4.11. The number of para-hydroxylation sites is 1. The molecule has 0 saturated carbocycles. The Hall–Kier alpha value is -5.67. The van der Waals surface area contributed by atoms with E-state index in [-0.39, 0.29) is 0 Å². The highest BCUT2D eigenvalue weighted by molar-refractivity contribution is 6.10. The summed E-state index contributed by atoms with van der Waals surface area (Å²) in [5.41, 5.74) is 9.54. The van der Waals surface area contributed by atoms with Crippen molar-refractivity contribution in [3.63, 3.8) is 0 Å². The molecule has 3 heteroatoms. The van der Waals surface area contributed by atoms with E-state index in [0.29, 0.717) is 0 Å². The number of hydrogen-bond acceptors (Lipinski definition) is 3. The normalized spacial score (nSPS) is 11.3. The van der Waals surface area contributed by atoms with Crippen molar-refractivity contribution in [2.24, 2.45) is 0 Å². The molecule has 0 fully saturated rings. The Morgan fingerprint density at radius 1 is 0.476 bits per heavy atom. The lowest BCUT2D eigenvalue weighted by atomic mass is 9.98. The fourth-order valence-electron chi connectivity index (χ4n) is 5.93. The molecule has 42 heavy (non-hydrogen) atoms. The standard InChI is InChI=1S/C39H26N2O/c1-2-8-27(9-3-1)28-16-20-31(21-17-28)41(37-15-7-14-35-36-26-40-25-24-38(36)42-39(35)37)32-22-18-30(19-23-32)34-13-6-11-29-10-4-5-12-33(29)34/h1-26H. The Balaban J connectivity index is 1.28. The van der Waals surface area contributed by atoms with Gasteiger partial charge in [-0.15, -0.1) is 0 Å². The van der Waals surface area contributed by atoms with Crippen LogP contribution in [0.5, 0.6) is 0 Å². The maximum absolute atomic E-state index is 6.46. The molecule has 198 valence electrons. The number of nitrogens with zero attached hydrogens (tertiary/aromatic N) is 2. The van der Waals surface area contributed by atoms with Crippen LogP contribution >= 0.6 is 0 Å². The molecule has 0 amide bonds. The fraction of sp³-hybridized carbons (Fsp3) is 0. The molecular weight excluding hydrogens is 512 g/mol. The van der Waals surface area contributed by atoms with Crippen LogP contribution in [0.15, 0.2) is 162 Å². The average molecular weight is 539 g/mol. The summed E-state index contributed by atoms with van der Waals surface area (Å²) >= 11 is 0. The topological polar surface area (TPSA) is 29.3 Å². The van der Waals surface area contributed by atoms with Gasteiger partial charge < -0.3 is 9.32 Å². The minimum absolute atomic E-state index is 0.832. The zero-order chi connectivity index (χ0) is 27.9. The molecular formula is C39H26N2O. The van der Waals surface area contributed by atoms with Gasteiger partial charge in [-0.3, -0.25) is 4.98 Å². The van der Waals surface area contributed by atoms with Gasteiger partial charge in [0.2, 0.25) is 0 Å². The van der Waals surface area contributed by atoms with Gasteiger partial charge in [-0.1, -0.05) is 109 Å². The van der Waals surface area contributed by atoms with Crippen molar-refractivity contribution in [2.75, 3.05) is 4.90 Å². The van der Waals surface area contributed by atoms with Crippen LogP contribution in [-0.4, -0.2) is 4.98 Å². The van der Waals surface area contributed by atoms with Crippen LogP contribution in [0.3, 0.4) is 0 Å². The Bertz CT molecular complexity index is 2170. The van der Waals surface area contributed by atoms with Gasteiger partial charge in [0, 0.05) is 34.5 Å². The van der Waals surface area contributed by atoms with Crippen molar-refractivity contribution < 1.29 is 4.42 Å². The van der Waals surface area contributed by atoms with Crippen LogP contribution in [-0.2, 0) is 0 Å². The number of hydrogen-bond donors (Lipinski definition) is 0. The second-order valence-electron chi connectivity index (χ2n) is 10.4. The number of pyridine rings is 1. The highest BCUT2D eigenvalue weighted by Gasteiger charge is 2.19. The molecule has 8 aromatic rings. The maximum atomic E-state index is 6.46. The van der Waals surface area contributed by atoms with E-state index in [1.807, 2.05) is 18.3 Å². The van der Waals surface area contributed by atoms with Crippen LogP contribution in [0.1, 0.15) is 0 Å². The Morgan fingerprint density at radius 2 is 1.12 bits per heavy atom. The van der Waals surface area contributed by atoms with E-state index >= 15 is 0 Å². The van der Waals surface area contributed by atoms with Crippen molar-refractivity contribution in [3.8, 4) is 22.3 Å². The summed E-state index contributed by atoms with van der Waals surface area (Å²) in [5.74, 6) is 0. The van der Waals surface area contributed by atoms with Gasteiger partial charge in [0.1, 0.15) is 5.58 Å². The first-order valence-electron chi connectivity index (χ1n) is 14.1. The van der Waals surface area contributed by atoms with Gasteiger partial charge in [0.15, 0.2) is 5.58 Å². The predicted octanol–water partition coefficient (Wildman–Crippen LogP) is 10.9. The van der Waals surface area contributed by atoms with Crippen LogP contribution < -0.4 is 4.90 Å². The second-order valence-corrected chi connectivity index (χ2v) is 10.4. The van der Waals surface area contributed by atoms with E-state index in [1.165, 1.54) is 33.0 Å². The summed E-state index contributed by atoms with van der Waals surface area (Å²) in [5, 5.41) is 4.56. The van der Waals surface area contributed by atoms with Gasteiger partial charge in [-0.25, -0.2) is 0 Å². The first-order valence-corrected chi connectivity index (χ1v) is 14.1. The number of benzene rings is 6. The van der Waals surface area contributed by atoms with Crippen LogP contribution in [0.4, 0.5) is 17.1 Å². The molecule has 0 aliphatic carbocycles. The average Bonchev–Trinajstić information content (AvgIpc) is 3.45. The summed E-state index contributed by atoms with van der Waals surface area (Å²) in [4.78, 5) is 6.63. The number of furan rings is 1. The molecule has 0 aliphatic heterocycles. The molecule has 0 atom stereocenters. The number of rotatable bonds is 5. The Morgan fingerprint density at radius 3 is 1.93 bits per heavy atom. The minimum Gasteiger partial charge on any atom is -0.454 e. The Labute approximate surface area is 243 Å². The molecule has 0 saturated heterocycles. The molecule has 0 spiro atoms. The van der Waals surface area contributed by atoms with Crippen LogP contribution in [0.25, 0.3) is 55.0 Å². The lowest BCUT2D eigenvalue weighted by Crippen LogP contribution is -2.10. The first kappa shape index (κ1) is 24.2. The minimum atomic E-state index is 0.832. The third-order valence-electron chi connectivity index (χ3n) is 7.98. The molecule has 0 radical (unpaired) electrons. The van der Waals surface area contributed by atoms with Crippen molar-refractivity contribution >= 4 is 49.8 Å². The first-order chi connectivity index (χ1) is 20.8. The van der Waals surface area contributed by atoms with Gasteiger partial charge >= 0.3 is 0 Å². The van der Waals surface area contributed by atoms with E-state index in [2.05, 4.69) is 143 Å². The van der Waals surface area contributed by atoms with E-state index in [0.717, 1.165) is 39.0 Å². The zero-order valence-electron chi connectivity index (χ0n) is 22.8. The van der Waals surface area contributed by atoms with Gasteiger partial charge in [-0.05, 0) is 69.4 Å². The molecule has 0 aliphatic rings. The molecule has 2 aromatic heterocycles. The van der Waals surface area contributed by atoms with Gasteiger partial charge in [0.05, 0.1) is 5.69 Å². The number of anilines is 3. The summed E-state index contributed by atoms with van der Waals surface area (Å²) in [7, 11) is 0. The van der Waals surface area contributed by atoms with Crippen molar-refractivity contribution in [1.29, 1.82) is 0 Å². The third-order valence-corrected chi connectivity index (χ3v) is 7.98. The summed E-state index contributed by atoms with van der Waals surface area (Å²) in [6.45, 7) is 0. The van der Waals surface area contributed by atoms with Crippen LogP contribution in [0.2, 0.25) is 0 Å². The maximum Gasteiger partial charge on any atom is 0.159 e. The highest BCUT2D eigenvalue weighted by Crippen LogP contribution is 2.43. The molecule has 3 nitrogen and oxygen atoms in total. The predicted molar refractivity (Wildman–Crippen MR) is 175 cm³/mol. The summed E-state index contributed by atoms with van der Waals surface area (Å²) in [6, 6.07) is 51.3. The highest BCUT2D eigenvalue weighted by atomic mass is 16.3. The summed E-state index contributed by atoms with van der Waals surface area (Å²) in [6.07, 6.45) is 3.65. The lowest BCUT2D eigenvalue weighted by molar-refractivity contribution is 0.668. The van der Waals surface area contributed by atoms with E-state index < -0.39 is 0 Å². The quantitative estimate of drug-likeness (QED) is 0.218. The second kappa shape index (κ2) is 10.1. The monoisotopic (exact) mass is 538 g/mol. The van der Waals surface area contributed by atoms with Crippen molar-refractivity contribution in [2.45, 2.75) is 0 Å². The molecule has 8 rings (SSSR count). The number of aromatic nitrogens is 1. The molecule has 0 unspecified atom stereocenters.